The van der Waals surface area contributed by atoms with Gasteiger partial charge in [-0.05, 0) is 30.6 Å². The molecule has 10 rings (SSSR count). The number of aliphatic hydroxyl groups is 2. The van der Waals surface area contributed by atoms with E-state index in [1.807, 2.05) is 0 Å². The predicted molar refractivity (Wildman–Crippen MR) is 316 cm³/mol. The average Bonchev–Trinajstić information content (AvgIpc) is 1.59. The summed E-state index contributed by atoms with van der Waals surface area (Å²) < 4.78 is 134. The number of methoxy groups -OCH3 is 1. The first-order valence-electron chi connectivity index (χ1n) is 28.9. The summed E-state index contributed by atoms with van der Waals surface area (Å²) in [5.74, 6) is -0.752. The van der Waals surface area contributed by atoms with E-state index in [4.69, 9.17) is 82.4 Å². The molecular weight excluding hydrogens is 1330 g/mol. The molecule has 0 saturated carbocycles. The number of phosphoric acid groups is 3. The van der Waals surface area contributed by atoms with Gasteiger partial charge in [-0.3, -0.25) is 50.2 Å². The zero-order valence-electron chi connectivity index (χ0n) is 49.4. The van der Waals surface area contributed by atoms with Crippen LogP contribution in [-0.2, 0) is 83.1 Å². The Balaban J connectivity index is 0.857. The Morgan fingerprint density at radius 1 is 0.652 bits per heavy atom. The number of esters is 1. The Hall–Kier alpha value is -4.93. The van der Waals surface area contributed by atoms with Crippen LogP contribution in [0.3, 0.4) is 0 Å². The molecule has 0 radical (unpaired) electrons. The number of nitrogens with zero attached hydrogens (tertiary/aromatic N) is 12. The SMILES string of the molecule is CCCCCCCCCC(=O)OCCSP(=O)(O)O[C@@H]1[C@H](n2cnc3c(N)ncnc32)O[C@@]2(COP(=O)(O)O[C@H]3[C@@H](O)[C@@H](COP(=O)(O)OC4[C@@H](OC)[C@@H](COP(=O)(O)OCCO)O[C@H]4n4cnc5c(N)ncnc54)O[C@H]3n3cnc4c(N)ncnc43)CCCO[C@H]12. The molecule has 0 aliphatic carbocycles. The molecular formula is C48H71N15O24P4S. The van der Waals surface area contributed by atoms with Gasteiger partial charge < -0.3 is 75.4 Å². The Bertz CT molecular complexity index is 3710. The van der Waals surface area contributed by atoms with Crippen LogP contribution in [0.1, 0.15) is 89.8 Å². The normalized spacial score (nSPS) is 28.5. The van der Waals surface area contributed by atoms with E-state index in [9.17, 15) is 47.7 Å². The lowest BCUT2D eigenvalue weighted by Crippen LogP contribution is -2.51. The number of aliphatic hydroxyl groups excluding tert-OH is 2. The van der Waals surface area contributed by atoms with E-state index in [-0.39, 0.29) is 89.2 Å². The lowest BCUT2D eigenvalue weighted by molar-refractivity contribution is -0.165. The van der Waals surface area contributed by atoms with Gasteiger partial charge in [0.1, 0.15) is 96.6 Å². The molecule has 5 unspecified atom stereocenters. The number of ether oxygens (including phenoxy) is 6. The minimum Gasteiger partial charge on any atom is -0.465 e. The van der Waals surface area contributed by atoms with Gasteiger partial charge in [-0.15, -0.1) is 0 Å². The molecule has 44 heteroatoms. The van der Waals surface area contributed by atoms with Crippen molar-refractivity contribution < 1.29 is 113 Å². The van der Waals surface area contributed by atoms with Crippen molar-refractivity contribution in [2.75, 3.05) is 76.3 Å². The van der Waals surface area contributed by atoms with Gasteiger partial charge in [0.05, 0.1) is 52.0 Å². The number of nitrogen functional groups attached to an aromatic ring is 3. The second-order valence-corrected chi connectivity index (χ2v) is 29.7. The van der Waals surface area contributed by atoms with E-state index >= 15 is 0 Å². The Morgan fingerprint density at radius 2 is 1.18 bits per heavy atom. The summed E-state index contributed by atoms with van der Waals surface area (Å²) in [6.45, 7) is -6.54. The average molecular weight is 1400 g/mol. The molecule has 4 saturated heterocycles. The summed E-state index contributed by atoms with van der Waals surface area (Å²) in [6.07, 6.45) is -3.22. The molecule has 6 aromatic heterocycles. The number of nitrogens with two attached hydrogens (primary N) is 3. The van der Waals surface area contributed by atoms with Crippen molar-refractivity contribution in [1.82, 2.24) is 58.6 Å². The van der Waals surface area contributed by atoms with Gasteiger partial charge in [0.2, 0.25) is 0 Å². The molecule has 92 heavy (non-hydrogen) atoms. The largest absolute Gasteiger partial charge is 0.472 e. The number of aromatic nitrogens is 12. The van der Waals surface area contributed by atoms with Gasteiger partial charge in [0.25, 0.3) is 0 Å². The van der Waals surface area contributed by atoms with Crippen LogP contribution < -0.4 is 17.2 Å². The topological polar surface area (TPSA) is 536 Å². The van der Waals surface area contributed by atoms with Crippen LogP contribution >= 0.6 is 41.6 Å². The highest BCUT2D eigenvalue weighted by molar-refractivity contribution is 8.54. The standard InChI is InChI=1S/C48H71N15O24P4S/c1-3-4-5-6-7-8-9-11-29(65)76-16-17-92-91(73,74)87-37-38-48(12-10-14-77-38,84-47(37)63-26-60-32-41(51)54-23-57-44(32)63)20-81-90(71,72)85-35-33(66)27(82-45(35)61-24-58-30-39(49)52-21-55-42(30)61)18-80-89(69,70)86-36-34(75-2)28(19-79-88(67,68)78-15-13-64)83-46(36)62-25-59-31-40(50)53-22-56-43(31)62/h21-28,33-38,45-47,64,66H,3-20H2,1-2H3,(H,67,68)(H,69,70)(H,71,72)(H,73,74)(H2,49,52,55)(H2,50,53,56)(H2,51,54,57)/t27-,28-,33+,34+,35+,36?,37+,38-,45-,46-,47-,48-/m1/s1. The van der Waals surface area contributed by atoms with Crippen LogP contribution in [0.15, 0.2) is 38.0 Å². The fraction of sp³-hybridized carbons (Fsp3) is 0.667. The molecule has 4 aliphatic heterocycles. The third kappa shape index (κ3) is 16.1. The number of carbonyl (C=O) groups is 1. The number of anilines is 3. The summed E-state index contributed by atoms with van der Waals surface area (Å²) in [6, 6.07) is 0. The molecule has 0 spiro atoms. The van der Waals surface area contributed by atoms with Gasteiger partial charge >= 0.3 is 36.2 Å². The molecule has 4 fully saturated rings. The second kappa shape index (κ2) is 30.0. The minimum atomic E-state index is -5.52. The summed E-state index contributed by atoms with van der Waals surface area (Å²) in [5, 5.41) is 21.2. The van der Waals surface area contributed by atoms with Crippen LogP contribution in [0, 0.1) is 0 Å². The van der Waals surface area contributed by atoms with Crippen molar-refractivity contribution in [2.45, 2.75) is 144 Å². The van der Waals surface area contributed by atoms with Gasteiger partial charge in [-0.1, -0.05) is 45.4 Å². The van der Waals surface area contributed by atoms with E-state index in [0.717, 1.165) is 63.8 Å². The molecule has 10 heterocycles. The fourth-order valence-corrected chi connectivity index (χ4v) is 16.1. The van der Waals surface area contributed by atoms with Crippen molar-refractivity contribution in [3.63, 3.8) is 0 Å². The number of hydrogen-bond acceptors (Lipinski definition) is 33. The van der Waals surface area contributed by atoms with Crippen LogP contribution in [-0.4, -0.2) is 208 Å². The summed E-state index contributed by atoms with van der Waals surface area (Å²) in [7, 11) is -14.6. The van der Waals surface area contributed by atoms with E-state index < -0.39 is 142 Å². The maximum atomic E-state index is 14.5. The number of rotatable bonds is 34. The van der Waals surface area contributed by atoms with Crippen molar-refractivity contribution in [3.8, 4) is 0 Å². The molecule has 0 aromatic carbocycles. The maximum Gasteiger partial charge on any atom is 0.472 e. The highest BCUT2D eigenvalue weighted by atomic mass is 32.7. The number of unbranched alkanes of at least 4 members (excludes halogenated alkanes) is 6. The first-order valence-corrected chi connectivity index (χ1v) is 36.6. The van der Waals surface area contributed by atoms with E-state index in [2.05, 4.69) is 51.8 Å². The minimum absolute atomic E-state index is 0.0121. The van der Waals surface area contributed by atoms with Gasteiger partial charge in [0, 0.05) is 25.9 Å². The molecule has 16 atom stereocenters. The van der Waals surface area contributed by atoms with Gasteiger partial charge in [-0.2, -0.15) is 0 Å². The van der Waals surface area contributed by atoms with Crippen LogP contribution in [0.4, 0.5) is 17.5 Å². The van der Waals surface area contributed by atoms with Crippen LogP contribution in [0.5, 0.6) is 0 Å². The van der Waals surface area contributed by atoms with Crippen LogP contribution in [0.25, 0.3) is 33.5 Å². The number of hydrogen-bond donors (Lipinski definition) is 9. The Labute approximate surface area is 526 Å². The number of fused-ring (bicyclic) bond motifs is 4. The quantitative estimate of drug-likeness (QED) is 0.0159. The first kappa shape index (κ1) is 69.9. The summed E-state index contributed by atoms with van der Waals surface area (Å²) in [5.41, 5.74) is 16.8. The second-order valence-electron chi connectivity index (χ2n) is 21.5. The summed E-state index contributed by atoms with van der Waals surface area (Å²) >= 11 is 0.487. The number of carbonyl (C=O) groups excluding carboxylic acids is 1. The third-order valence-corrected chi connectivity index (χ3v) is 21.2. The zero-order valence-corrected chi connectivity index (χ0v) is 53.8. The molecule has 39 nitrogen and oxygen atoms in total. The Kier molecular flexibility index (Phi) is 22.8. The van der Waals surface area contributed by atoms with E-state index in [1.165, 1.54) is 33.5 Å². The molecule has 0 bridgehead atoms. The molecule has 508 valence electrons. The third-order valence-electron chi connectivity index (χ3n) is 15.3. The fourth-order valence-electron chi connectivity index (χ4n) is 11.1. The lowest BCUT2D eigenvalue weighted by atomic mass is 9.89. The Morgan fingerprint density at radius 3 is 1.78 bits per heavy atom. The van der Waals surface area contributed by atoms with E-state index in [0.29, 0.717) is 17.8 Å². The maximum absolute atomic E-state index is 14.5. The molecule has 4 aliphatic rings. The van der Waals surface area contributed by atoms with Crippen molar-refractivity contribution >= 4 is 98.6 Å². The number of imidazole rings is 3. The number of phosphoric ester groups is 3. The molecule has 6 aromatic rings. The van der Waals surface area contributed by atoms with Gasteiger partial charge in [-0.25, -0.2) is 63.1 Å². The molecule has 0 amide bonds. The smallest absolute Gasteiger partial charge is 0.465 e. The summed E-state index contributed by atoms with van der Waals surface area (Å²) in [4.78, 5) is 94.8. The lowest BCUT2D eigenvalue weighted by Gasteiger charge is -2.38. The monoisotopic (exact) mass is 1400 g/mol. The highest BCUT2D eigenvalue weighted by Crippen LogP contribution is 2.61. The van der Waals surface area contributed by atoms with E-state index in [1.54, 1.807) is 0 Å². The first-order chi connectivity index (χ1) is 44.0. The van der Waals surface area contributed by atoms with Crippen molar-refractivity contribution in [2.24, 2.45) is 0 Å². The van der Waals surface area contributed by atoms with Crippen LogP contribution in [0.2, 0.25) is 0 Å². The zero-order chi connectivity index (χ0) is 65.6. The molecule has 12 N–H and O–H groups in total. The predicted octanol–water partition coefficient (Wildman–Crippen LogP) is 2.90. The van der Waals surface area contributed by atoms with Crippen molar-refractivity contribution in [1.29, 1.82) is 0 Å². The highest BCUT2D eigenvalue weighted by Gasteiger charge is 2.62. The van der Waals surface area contributed by atoms with Gasteiger partial charge in [0.15, 0.2) is 53.1 Å². The van der Waals surface area contributed by atoms with Crippen molar-refractivity contribution in [3.05, 3.63) is 38.0 Å².